The highest BCUT2D eigenvalue weighted by molar-refractivity contribution is 5.85. The Hall–Kier alpha value is -1.03. The molecule has 3 nitrogen and oxygen atoms in total. The van der Waals surface area contributed by atoms with E-state index in [1.165, 1.54) is 0 Å². The first kappa shape index (κ1) is 15.0. The Balaban J connectivity index is 0.000000810. The van der Waals surface area contributed by atoms with Crippen molar-refractivity contribution in [3.8, 4) is 5.75 Å². The Morgan fingerprint density at radius 3 is 2.78 bits per heavy atom. The summed E-state index contributed by atoms with van der Waals surface area (Å²) in [6.45, 7) is 1.98. The lowest BCUT2D eigenvalue weighted by Crippen LogP contribution is -2.19. The Morgan fingerprint density at radius 2 is 2.00 bits per heavy atom. The summed E-state index contributed by atoms with van der Waals surface area (Å²) in [5.41, 5.74) is 0.955. The summed E-state index contributed by atoms with van der Waals surface area (Å²) in [7, 11) is 0. The van der Waals surface area contributed by atoms with Crippen molar-refractivity contribution in [2.45, 2.75) is 12.5 Å². The van der Waals surface area contributed by atoms with Crippen LogP contribution < -0.4 is 10.1 Å². The molecular weight excluding hydrogens is 271 g/mol. The molecule has 1 N–H and O–H groups in total. The molecule has 1 saturated heterocycles. The zero-order chi connectivity index (χ0) is 10.8. The molecule has 1 aromatic carbocycles. The van der Waals surface area contributed by atoms with Crippen molar-refractivity contribution in [1.82, 2.24) is 10.3 Å². The fourth-order valence-electron chi connectivity index (χ4n) is 2.08. The molecule has 5 heteroatoms. The van der Waals surface area contributed by atoms with E-state index in [-0.39, 0.29) is 30.9 Å². The average Bonchev–Trinajstić information content (AvgIpc) is 2.82. The van der Waals surface area contributed by atoms with Gasteiger partial charge in [0.2, 0.25) is 0 Å². The molecule has 0 amide bonds. The van der Waals surface area contributed by atoms with E-state index < -0.39 is 0 Å². The molecule has 1 atom stereocenters. The van der Waals surface area contributed by atoms with E-state index in [1.54, 1.807) is 0 Å². The average molecular weight is 287 g/mol. The largest absolute Gasteiger partial charge is 0.487 e. The van der Waals surface area contributed by atoms with Gasteiger partial charge in [0.25, 0.3) is 0 Å². The number of fused-ring (bicyclic) bond motifs is 1. The quantitative estimate of drug-likeness (QED) is 0.922. The molecule has 0 saturated carbocycles. The lowest BCUT2D eigenvalue weighted by atomic mass is 10.2. The number of halogens is 2. The van der Waals surface area contributed by atoms with Crippen molar-refractivity contribution in [3.63, 3.8) is 0 Å². The van der Waals surface area contributed by atoms with E-state index in [9.17, 15) is 0 Å². The van der Waals surface area contributed by atoms with Gasteiger partial charge in [0.15, 0.2) is 0 Å². The minimum absolute atomic E-state index is 0. The first-order valence-corrected chi connectivity index (χ1v) is 5.64. The van der Waals surface area contributed by atoms with E-state index >= 15 is 0 Å². The minimum atomic E-state index is 0. The summed E-state index contributed by atoms with van der Waals surface area (Å²) in [5, 5.41) is 4.43. The molecule has 0 radical (unpaired) electrons. The Labute approximate surface area is 119 Å². The van der Waals surface area contributed by atoms with Crippen LogP contribution in [0.2, 0.25) is 0 Å². The number of aromatic nitrogens is 1. The number of rotatable bonds is 2. The predicted molar refractivity (Wildman–Crippen MR) is 78.1 cm³/mol. The number of ether oxygens (including phenoxy) is 1. The van der Waals surface area contributed by atoms with E-state index in [4.69, 9.17) is 4.74 Å². The van der Waals surface area contributed by atoms with Gasteiger partial charge in [0.05, 0.1) is 0 Å². The maximum atomic E-state index is 5.96. The van der Waals surface area contributed by atoms with Crippen molar-refractivity contribution < 1.29 is 4.74 Å². The SMILES string of the molecule is Cl.Cl.c1cnc2c(OC3CCNC3)cccc2c1. The van der Waals surface area contributed by atoms with Crippen LogP contribution in [0.25, 0.3) is 10.9 Å². The number of nitrogens with one attached hydrogen (secondary N) is 1. The maximum absolute atomic E-state index is 5.96. The number of para-hydroxylation sites is 1. The smallest absolute Gasteiger partial charge is 0.146 e. The van der Waals surface area contributed by atoms with Crippen LogP contribution in [0.4, 0.5) is 0 Å². The van der Waals surface area contributed by atoms with Gasteiger partial charge in [-0.1, -0.05) is 18.2 Å². The lowest BCUT2D eigenvalue weighted by Gasteiger charge is -2.13. The highest BCUT2D eigenvalue weighted by Crippen LogP contribution is 2.24. The van der Waals surface area contributed by atoms with Crippen molar-refractivity contribution in [2.75, 3.05) is 13.1 Å². The molecule has 1 aromatic heterocycles. The van der Waals surface area contributed by atoms with Gasteiger partial charge in [-0.15, -0.1) is 24.8 Å². The van der Waals surface area contributed by atoms with Gasteiger partial charge in [-0.25, -0.2) is 0 Å². The summed E-state index contributed by atoms with van der Waals surface area (Å²) in [6.07, 6.45) is 3.17. The molecule has 18 heavy (non-hydrogen) atoms. The molecule has 1 fully saturated rings. The van der Waals surface area contributed by atoms with Crippen LogP contribution in [-0.2, 0) is 0 Å². The van der Waals surface area contributed by atoms with Crippen LogP contribution in [0.3, 0.4) is 0 Å². The van der Waals surface area contributed by atoms with Crippen LogP contribution in [0.15, 0.2) is 36.5 Å². The van der Waals surface area contributed by atoms with Crippen molar-refractivity contribution >= 4 is 35.7 Å². The van der Waals surface area contributed by atoms with E-state index in [1.807, 2.05) is 24.4 Å². The number of benzene rings is 1. The third-order valence-electron chi connectivity index (χ3n) is 2.90. The summed E-state index contributed by atoms with van der Waals surface area (Å²) in [6, 6.07) is 10.1. The topological polar surface area (TPSA) is 34.1 Å². The number of pyridine rings is 1. The molecular formula is C13H16Cl2N2O. The molecule has 1 aliphatic heterocycles. The van der Waals surface area contributed by atoms with Crippen LogP contribution in [-0.4, -0.2) is 24.2 Å². The first-order chi connectivity index (χ1) is 7.93. The van der Waals surface area contributed by atoms with Crippen LogP contribution in [0, 0.1) is 0 Å². The molecule has 0 bridgehead atoms. The van der Waals surface area contributed by atoms with E-state index in [0.29, 0.717) is 0 Å². The fourth-order valence-corrected chi connectivity index (χ4v) is 2.08. The van der Waals surface area contributed by atoms with Gasteiger partial charge in [0.1, 0.15) is 17.4 Å². The van der Waals surface area contributed by atoms with Gasteiger partial charge in [-0.3, -0.25) is 4.98 Å². The highest BCUT2D eigenvalue weighted by Gasteiger charge is 2.16. The Morgan fingerprint density at radius 1 is 1.17 bits per heavy atom. The lowest BCUT2D eigenvalue weighted by molar-refractivity contribution is 0.225. The predicted octanol–water partition coefficient (Wildman–Crippen LogP) is 2.82. The molecule has 1 unspecified atom stereocenters. The Kier molecular flexibility index (Phi) is 5.66. The molecule has 2 aromatic rings. The fraction of sp³-hybridized carbons (Fsp3) is 0.308. The van der Waals surface area contributed by atoms with E-state index in [2.05, 4.69) is 22.4 Å². The zero-order valence-corrected chi connectivity index (χ0v) is 11.5. The minimum Gasteiger partial charge on any atom is -0.487 e. The van der Waals surface area contributed by atoms with Gasteiger partial charge in [-0.2, -0.15) is 0 Å². The molecule has 0 spiro atoms. The van der Waals surface area contributed by atoms with Gasteiger partial charge >= 0.3 is 0 Å². The van der Waals surface area contributed by atoms with Crippen molar-refractivity contribution in [3.05, 3.63) is 36.5 Å². The van der Waals surface area contributed by atoms with Crippen molar-refractivity contribution in [1.29, 1.82) is 0 Å². The van der Waals surface area contributed by atoms with Crippen LogP contribution in [0.5, 0.6) is 5.75 Å². The first-order valence-electron chi connectivity index (χ1n) is 5.64. The molecule has 1 aliphatic rings. The third kappa shape index (κ3) is 3.05. The summed E-state index contributed by atoms with van der Waals surface area (Å²) >= 11 is 0. The van der Waals surface area contributed by atoms with Crippen molar-refractivity contribution in [2.24, 2.45) is 0 Å². The number of hydrogen-bond donors (Lipinski definition) is 1. The molecule has 2 heterocycles. The monoisotopic (exact) mass is 286 g/mol. The second-order valence-electron chi connectivity index (χ2n) is 4.06. The summed E-state index contributed by atoms with van der Waals surface area (Å²) in [5.74, 6) is 0.895. The second kappa shape index (κ2) is 6.78. The van der Waals surface area contributed by atoms with E-state index in [0.717, 1.165) is 36.2 Å². The van der Waals surface area contributed by atoms with Crippen LogP contribution in [0.1, 0.15) is 6.42 Å². The van der Waals surface area contributed by atoms with Gasteiger partial charge < -0.3 is 10.1 Å². The number of hydrogen-bond acceptors (Lipinski definition) is 3. The van der Waals surface area contributed by atoms with Crippen LogP contribution >= 0.6 is 24.8 Å². The number of nitrogens with zero attached hydrogens (tertiary/aromatic N) is 1. The standard InChI is InChI=1S/C13H14N2O.2ClH/c1-3-10-4-2-7-15-13(10)12(5-1)16-11-6-8-14-9-11;;/h1-5,7,11,14H,6,8-9H2;2*1H. The third-order valence-corrected chi connectivity index (χ3v) is 2.90. The highest BCUT2D eigenvalue weighted by atomic mass is 35.5. The second-order valence-corrected chi connectivity index (χ2v) is 4.06. The molecule has 3 rings (SSSR count). The Bertz CT molecular complexity index is 496. The summed E-state index contributed by atoms with van der Waals surface area (Å²) < 4.78 is 5.96. The zero-order valence-electron chi connectivity index (χ0n) is 9.83. The summed E-state index contributed by atoms with van der Waals surface area (Å²) in [4.78, 5) is 4.38. The maximum Gasteiger partial charge on any atom is 0.146 e. The van der Waals surface area contributed by atoms with Gasteiger partial charge in [-0.05, 0) is 25.1 Å². The molecule has 98 valence electrons. The van der Waals surface area contributed by atoms with Gasteiger partial charge in [0, 0.05) is 18.1 Å². The molecule has 0 aliphatic carbocycles. The normalized spacial score (nSPS) is 17.9.